The van der Waals surface area contributed by atoms with E-state index in [1.807, 2.05) is 0 Å². The summed E-state index contributed by atoms with van der Waals surface area (Å²) in [6.45, 7) is 0.425. The molecule has 0 bridgehead atoms. The molecule has 1 aromatic heterocycles. The Hall–Kier alpha value is -3.04. The molecule has 7 nitrogen and oxygen atoms in total. The first kappa shape index (κ1) is 18.3. The number of benzene rings is 2. The topological polar surface area (TPSA) is 105 Å². The van der Waals surface area contributed by atoms with Crippen LogP contribution < -0.4 is 10.6 Å². The van der Waals surface area contributed by atoms with Crippen LogP contribution in [0.25, 0.3) is 0 Å². The van der Waals surface area contributed by atoms with Gasteiger partial charge in [0, 0.05) is 29.6 Å². The summed E-state index contributed by atoms with van der Waals surface area (Å²) in [6, 6.07) is 10.2. The molecule has 142 valence electrons. The molecular formula is C19H15N3O4S2. The van der Waals surface area contributed by atoms with Crippen LogP contribution in [0.4, 0.5) is 5.69 Å². The number of carbonyl (C=O) groups is 2. The predicted molar refractivity (Wildman–Crippen MR) is 104 cm³/mol. The van der Waals surface area contributed by atoms with E-state index < -0.39 is 15.7 Å². The molecule has 0 atom stereocenters. The van der Waals surface area contributed by atoms with Gasteiger partial charge in [0.05, 0.1) is 26.6 Å². The summed E-state index contributed by atoms with van der Waals surface area (Å²) in [4.78, 5) is 29.8. The van der Waals surface area contributed by atoms with Crippen molar-refractivity contribution in [1.82, 2.24) is 10.3 Å². The second kappa shape index (κ2) is 7.17. The summed E-state index contributed by atoms with van der Waals surface area (Å²) >= 11 is 1.51. The van der Waals surface area contributed by atoms with E-state index in [0.717, 1.165) is 4.88 Å². The molecule has 28 heavy (non-hydrogen) atoms. The number of fused-ring (bicyclic) bond motifs is 2. The lowest BCUT2D eigenvalue weighted by atomic mass is 10.1. The van der Waals surface area contributed by atoms with Crippen LogP contribution in [-0.2, 0) is 16.3 Å². The minimum absolute atomic E-state index is 0.0352. The Morgan fingerprint density at radius 1 is 1.14 bits per heavy atom. The molecule has 1 aliphatic rings. The Labute approximate surface area is 165 Å². The van der Waals surface area contributed by atoms with E-state index in [-0.39, 0.29) is 32.5 Å². The fourth-order valence-electron chi connectivity index (χ4n) is 2.97. The Morgan fingerprint density at radius 2 is 1.96 bits per heavy atom. The minimum atomic E-state index is -3.88. The Balaban J connectivity index is 1.61. The number of nitrogens with zero attached hydrogens (tertiary/aromatic N) is 1. The van der Waals surface area contributed by atoms with E-state index in [9.17, 15) is 18.0 Å². The molecule has 9 heteroatoms. The molecule has 0 spiro atoms. The lowest BCUT2D eigenvalue weighted by Gasteiger charge is -2.10. The van der Waals surface area contributed by atoms with Crippen LogP contribution in [-0.4, -0.2) is 31.8 Å². The van der Waals surface area contributed by atoms with Crippen molar-refractivity contribution < 1.29 is 18.0 Å². The van der Waals surface area contributed by atoms with Gasteiger partial charge in [-0.15, -0.1) is 11.3 Å². The highest BCUT2D eigenvalue weighted by Crippen LogP contribution is 2.34. The molecule has 0 saturated carbocycles. The van der Waals surface area contributed by atoms with Crippen LogP contribution in [0, 0.1) is 0 Å². The third kappa shape index (κ3) is 3.30. The van der Waals surface area contributed by atoms with Gasteiger partial charge in [-0.3, -0.25) is 14.6 Å². The second-order valence-electron chi connectivity index (χ2n) is 6.14. The standard InChI is InChI=1S/C19H15N3O4S2/c23-18(21-8-7-13-10-20-11-27-13)12-5-6-17-15(9-12)22-19(24)14-3-1-2-4-16(14)28(17,25)26/h1-6,9-11H,7-8H2,(H,21,23)(H,22,24). The predicted octanol–water partition coefficient (Wildman–Crippen LogP) is 2.51. The first-order valence-corrected chi connectivity index (χ1v) is 10.8. The first-order valence-electron chi connectivity index (χ1n) is 8.42. The molecule has 0 saturated heterocycles. The highest BCUT2D eigenvalue weighted by Gasteiger charge is 2.31. The molecule has 3 aromatic rings. The second-order valence-corrected chi connectivity index (χ2v) is 9.00. The van der Waals surface area contributed by atoms with Crippen molar-refractivity contribution in [3.05, 3.63) is 70.2 Å². The van der Waals surface area contributed by atoms with Crippen LogP contribution in [0.15, 0.2) is 64.0 Å². The van der Waals surface area contributed by atoms with Crippen LogP contribution >= 0.6 is 11.3 Å². The molecule has 2 N–H and O–H groups in total. The SMILES string of the molecule is O=C(NCCc1cncs1)c1ccc2c(c1)NC(=O)c1ccccc1S2(=O)=O. The summed E-state index contributed by atoms with van der Waals surface area (Å²) < 4.78 is 25.9. The lowest BCUT2D eigenvalue weighted by Crippen LogP contribution is -2.25. The van der Waals surface area contributed by atoms with E-state index in [1.54, 1.807) is 23.8 Å². The van der Waals surface area contributed by atoms with Crippen molar-refractivity contribution in [3.8, 4) is 0 Å². The quantitative estimate of drug-likeness (QED) is 0.684. The molecule has 0 aliphatic carbocycles. The van der Waals surface area contributed by atoms with Crippen LogP contribution in [0.3, 0.4) is 0 Å². The number of thiazole rings is 1. The minimum Gasteiger partial charge on any atom is -0.352 e. The van der Waals surface area contributed by atoms with Crippen molar-refractivity contribution in [3.63, 3.8) is 0 Å². The van der Waals surface area contributed by atoms with Gasteiger partial charge in [0.15, 0.2) is 0 Å². The van der Waals surface area contributed by atoms with Crippen molar-refractivity contribution in [2.75, 3.05) is 11.9 Å². The molecule has 1 aliphatic heterocycles. The number of nitrogens with one attached hydrogen (secondary N) is 2. The summed E-state index contributed by atoms with van der Waals surface area (Å²) in [5.74, 6) is -0.874. The van der Waals surface area contributed by atoms with Crippen molar-refractivity contribution >= 4 is 38.7 Å². The number of carbonyl (C=O) groups excluding carboxylic acids is 2. The molecular weight excluding hydrogens is 398 g/mol. The zero-order chi connectivity index (χ0) is 19.7. The number of aromatic nitrogens is 1. The first-order chi connectivity index (χ1) is 13.5. The number of anilines is 1. The van der Waals surface area contributed by atoms with Crippen molar-refractivity contribution in [1.29, 1.82) is 0 Å². The Bertz CT molecular complexity index is 1170. The van der Waals surface area contributed by atoms with Gasteiger partial charge in [0.2, 0.25) is 9.84 Å². The van der Waals surface area contributed by atoms with Gasteiger partial charge in [-0.2, -0.15) is 0 Å². The van der Waals surface area contributed by atoms with E-state index in [1.165, 1.54) is 41.7 Å². The van der Waals surface area contributed by atoms with Gasteiger partial charge in [0.1, 0.15) is 0 Å². The highest BCUT2D eigenvalue weighted by atomic mass is 32.2. The maximum absolute atomic E-state index is 12.9. The molecule has 2 aromatic carbocycles. The summed E-state index contributed by atoms with van der Waals surface area (Å²) in [7, 11) is -3.88. The highest BCUT2D eigenvalue weighted by molar-refractivity contribution is 7.91. The zero-order valence-electron chi connectivity index (χ0n) is 14.5. The summed E-state index contributed by atoms with van der Waals surface area (Å²) in [5.41, 5.74) is 2.17. The van der Waals surface area contributed by atoms with Gasteiger partial charge in [-0.05, 0) is 30.3 Å². The van der Waals surface area contributed by atoms with E-state index in [4.69, 9.17) is 0 Å². The smallest absolute Gasteiger partial charge is 0.257 e. The van der Waals surface area contributed by atoms with E-state index in [2.05, 4.69) is 15.6 Å². The summed E-state index contributed by atoms with van der Waals surface area (Å²) in [5, 5.41) is 5.39. The fourth-order valence-corrected chi connectivity index (χ4v) is 5.16. The maximum atomic E-state index is 12.9. The normalized spacial score (nSPS) is 14.4. The average molecular weight is 413 g/mol. The van der Waals surface area contributed by atoms with Gasteiger partial charge in [-0.1, -0.05) is 12.1 Å². The molecule has 0 radical (unpaired) electrons. The van der Waals surface area contributed by atoms with Gasteiger partial charge >= 0.3 is 0 Å². The van der Waals surface area contributed by atoms with E-state index in [0.29, 0.717) is 13.0 Å². The van der Waals surface area contributed by atoms with Crippen LogP contribution in [0.2, 0.25) is 0 Å². The lowest BCUT2D eigenvalue weighted by molar-refractivity contribution is 0.0952. The fraction of sp³-hybridized carbons (Fsp3) is 0.105. The van der Waals surface area contributed by atoms with E-state index >= 15 is 0 Å². The number of hydrogen-bond acceptors (Lipinski definition) is 6. The Morgan fingerprint density at radius 3 is 2.75 bits per heavy atom. The third-order valence-corrected chi connectivity index (χ3v) is 7.05. The number of amides is 2. The molecule has 2 amide bonds. The van der Waals surface area contributed by atoms with Gasteiger partial charge < -0.3 is 10.6 Å². The van der Waals surface area contributed by atoms with Crippen LogP contribution in [0.5, 0.6) is 0 Å². The van der Waals surface area contributed by atoms with Gasteiger partial charge in [-0.25, -0.2) is 8.42 Å². The van der Waals surface area contributed by atoms with Crippen molar-refractivity contribution in [2.24, 2.45) is 0 Å². The largest absolute Gasteiger partial charge is 0.352 e. The number of hydrogen-bond donors (Lipinski definition) is 2. The molecule has 0 fully saturated rings. The molecule has 4 rings (SSSR count). The van der Waals surface area contributed by atoms with Crippen molar-refractivity contribution in [2.45, 2.75) is 16.2 Å². The summed E-state index contributed by atoms with van der Waals surface area (Å²) in [6.07, 6.45) is 2.40. The number of rotatable bonds is 4. The third-order valence-electron chi connectivity index (χ3n) is 4.34. The number of sulfone groups is 1. The average Bonchev–Trinajstić information content (AvgIpc) is 3.18. The monoisotopic (exact) mass is 413 g/mol. The van der Waals surface area contributed by atoms with Gasteiger partial charge in [0.25, 0.3) is 11.8 Å². The molecule has 2 heterocycles. The maximum Gasteiger partial charge on any atom is 0.257 e. The van der Waals surface area contributed by atoms with Crippen LogP contribution in [0.1, 0.15) is 25.6 Å². The zero-order valence-corrected chi connectivity index (χ0v) is 16.1. The Kier molecular flexibility index (Phi) is 4.70. The molecule has 0 unspecified atom stereocenters.